The van der Waals surface area contributed by atoms with Crippen molar-refractivity contribution in [2.45, 2.75) is 24.8 Å². The van der Waals surface area contributed by atoms with E-state index in [0.29, 0.717) is 31.5 Å². The topological polar surface area (TPSA) is 32.7 Å². The molecule has 6 heteroatoms. The molecule has 1 aliphatic rings. The zero-order chi connectivity index (χ0) is 14.1. The fourth-order valence-corrected chi connectivity index (χ4v) is 2.26. The maximum Gasteiger partial charge on any atom is 0.573 e. The summed E-state index contributed by atoms with van der Waals surface area (Å²) in [6.45, 7) is 1.42. The monoisotopic (exact) mass is 275 g/mol. The van der Waals surface area contributed by atoms with Crippen molar-refractivity contribution < 1.29 is 23.0 Å². The summed E-state index contributed by atoms with van der Waals surface area (Å²) in [6, 6.07) is 5.59. The Kier molecular flexibility index (Phi) is 3.73. The van der Waals surface area contributed by atoms with Crippen molar-refractivity contribution in [3.8, 4) is 5.75 Å². The molecular formula is C13H16F3NO2. The lowest BCUT2D eigenvalue weighted by atomic mass is 9.84. The summed E-state index contributed by atoms with van der Waals surface area (Å²) in [5.74, 6) is -0.294. The van der Waals surface area contributed by atoms with Crippen molar-refractivity contribution in [1.82, 2.24) is 4.90 Å². The Bertz CT molecular complexity index is 440. The maximum absolute atomic E-state index is 12.2. The molecule has 1 aliphatic heterocycles. The molecule has 1 saturated heterocycles. The molecule has 2 rings (SSSR count). The van der Waals surface area contributed by atoms with Gasteiger partial charge in [-0.2, -0.15) is 0 Å². The van der Waals surface area contributed by atoms with Crippen molar-refractivity contribution in [3.05, 3.63) is 29.8 Å². The Morgan fingerprint density at radius 3 is 2.47 bits per heavy atom. The molecule has 3 nitrogen and oxygen atoms in total. The van der Waals surface area contributed by atoms with Crippen molar-refractivity contribution in [1.29, 1.82) is 0 Å². The zero-order valence-corrected chi connectivity index (χ0v) is 10.6. The summed E-state index contributed by atoms with van der Waals surface area (Å²) in [6.07, 6.45) is -3.72. The van der Waals surface area contributed by atoms with E-state index in [-0.39, 0.29) is 5.75 Å². The van der Waals surface area contributed by atoms with Gasteiger partial charge in [0.15, 0.2) is 0 Å². The third kappa shape index (κ3) is 3.61. The largest absolute Gasteiger partial charge is 0.573 e. The number of likely N-dealkylation sites (tertiary alicyclic amines) is 1. The second-order valence-electron chi connectivity index (χ2n) is 4.91. The second kappa shape index (κ2) is 5.02. The Hall–Kier alpha value is -1.27. The first-order valence-electron chi connectivity index (χ1n) is 6.06. The molecule has 0 aromatic heterocycles. The van der Waals surface area contributed by atoms with Gasteiger partial charge in [-0.3, -0.25) is 0 Å². The molecule has 1 aromatic carbocycles. The number of rotatable bonds is 2. The van der Waals surface area contributed by atoms with Crippen LogP contribution in [0.15, 0.2) is 24.3 Å². The Balaban J connectivity index is 2.18. The molecule has 106 valence electrons. The number of aliphatic hydroxyl groups is 1. The molecule has 0 amide bonds. The van der Waals surface area contributed by atoms with Gasteiger partial charge in [-0.1, -0.05) is 12.1 Å². The van der Waals surface area contributed by atoms with Crippen LogP contribution in [-0.2, 0) is 5.60 Å². The van der Waals surface area contributed by atoms with Crippen LogP contribution in [0.4, 0.5) is 13.2 Å². The smallest absolute Gasteiger partial charge is 0.406 e. The highest BCUT2D eigenvalue weighted by atomic mass is 19.4. The van der Waals surface area contributed by atoms with Crippen LogP contribution in [0.1, 0.15) is 18.4 Å². The van der Waals surface area contributed by atoms with E-state index in [9.17, 15) is 18.3 Å². The van der Waals surface area contributed by atoms with Gasteiger partial charge in [0.1, 0.15) is 5.75 Å². The number of nitrogens with zero attached hydrogens (tertiary/aromatic N) is 1. The van der Waals surface area contributed by atoms with Crippen LogP contribution in [0, 0.1) is 0 Å². The third-order valence-corrected chi connectivity index (χ3v) is 3.42. The van der Waals surface area contributed by atoms with Crippen LogP contribution in [0.25, 0.3) is 0 Å². The highest BCUT2D eigenvalue weighted by molar-refractivity contribution is 5.33. The molecule has 1 heterocycles. The molecule has 1 fully saturated rings. The fourth-order valence-electron chi connectivity index (χ4n) is 2.26. The van der Waals surface area contributed by atoms with E-state index in [1.165, 1.54) is 18.2 Å². The molecule has 0 atom stereocenters. The van der Waals surface area contributed by atoms with Crippen LogP contribution in [-0.4, -0.2) is 36.5 Å². The van der Waals surface area contributed by atoms with Gasteiger partial charge in [0.05, 0.1) is 5.60 Å². The standard InChI is InChI=1S/C13H16F3NO2/c1-17-7-5-12(18,6-8-17)10-3-2-4-11(9-10)19-13(14,15)16/h2-4,9,18H,5-8H2,1H3. The van der Waals surface area contributed by atoms with E-state index >= 15 is 0 Å². The number of hydrogen-bond donors (Lipinski definition) is 1. The van der Waals surface area contributed by atoms with Crippen LogP contribution >= 0.6 is 0 Å². The van der Waals surface area contributed by atoms with Crippen molar-refractivity contribution in [2.24, 2.45) is 0 Å². The number of ether oxygens (including phenoxy) is 1. The Morgan fingerprint density at radius 2 is 1.89 bits per heavy atom. The molecule has 0 unspecified atom stereocenters. The summed E-state index contributed by atoms with van der Waals surface area (Å²) in [5.41, 5.74) is -0.598. The Morgan fingerprint density at radius 1 is 1.26 bits per heavy atom. The lowest BCUT2D eigenvalue weighted by Crippen LogP contribution is -2.40. The number of halogens is 3. The molecule has 0 radical (unpaired) electrons. The van der Waals surface area contributed by atoms with Gasteiger partial charge < -0.3 is 14.7 Å². The molecule has 19 heavy (non-hydrogen) atoms. The summed E-state index contributed by atoms with van der Waals surface area (Å²) < 4.78 is 40.4. The van der Waals surface area contributed by atoms with E-state index in [2.05, 4.69) is 9.64 Å². The number of piperidine rings is 1. The molecular weight excluding hydrogens is 259 g/mol. The van der Waals surface area contributed by atoms with E-state index in [1.807, 2.05) is 7.05 Å². The summed E-state index contributed by atoms with van der Waals surface area (Å²) in [5, 5.41) is 10.5. The minimum Gasteiger partial charge on any atom is -0.406 e. The van der Waals surface area contributed by atoms with E-state index in [0.717, 1.165) is 0 Å². The molecule has 1 aromatic rings. The van der Waals surface area contributed by atoms with Gasteiger partial charge in [-0.25, -0.2) is 0 Å². The predicted octanol–water partition coefficient (Wildman–Crippen LogP) is 2.50. The van der Waals surface area contributed by atoms with Crippen LogP contribution in [0.5, 0.6) is 5.75 Å². The SMILES string of the molecule is CN1CCC(O)(c2cccc(OC(F)(F)F)c2)CC1. The number of benzene rings is 1. The van der Waals surface area contributed by atoms with Crippen molar-refractivity contribution in [2.75, 3.05) is 20.1 Å². The first-order valence-corrected chi connectivity index (χ1v) is 6.06. The maximum atomic E-state index is 12.2. The quantitative estimate of drug-likeness (QED) is 0.900. The summed E-state index contributed by atoms with van der Waals surface area (Å²) in [4.78, 5) is 2.07. The van der Waals surface area contributed by atoms with Crippen LogP contribution in [0.2, 0.25) is 0 Å². The van der Waals surface area contributed by atoms with E-state index in [4.69, 9.17) is 0 Å². The molecule has 1 N–H and O–H groups in total. The molecule has 0 aliphatic carbocycles. The van der Waals surface area contributed by atoms with Gasteiger partial charge in [0.25, 0.3) is 0 Å². The number of hydrogen-bond acceptors (Lipinski definition) is 3. The van der Waals surface area contributed by atoms with Crippen LogP contribution < -0.4 is 4.74 Å². The number of alkyl halides is 3. The highest BCUT2D eigenvalue weighted by Crippen LogP contribution is 2.34. The Labute approximate surface area is 109 Å². The first kappa shape index (κ1) is 14.1. The summed E-state index contributed by atoms with van der Waals surface area (Å²) >= 11 is 0. The fraction of sp³-hybridized carbons (Fsp3) is 0.538. The molecule has 0 spiro atoms. The van der Waals surface area contributed by atoms with Gasteiger partial charge in [0.2, 0.25) is 0 Å². The van der Waals surface area contributed by atoms with Gasteiger partial charge >= 0.3 is 6.36 Å². The highest BCUT2D eigenvalue weighted by Gasteiger charge is 2.35. The third-order valence-electron chi connectivity index (χ3n) is 3.42. The predicted molar refractivity (Wildman–Crippen MR) is 63.8 cm³/mol. The lowest BCUT2D eigenvalue weighted by Gasteiger charge is -2.37. The van der Waals surface area contributed by atoms with Crippen molar-refractivity contribution in [3.63, 3.8) is 0 Å². The van der Waals surface area contributed by atoms with Gasteiger partial charge in [-0.15, -0.1) is 13.2 Å². The average Bonchev–Trinajstić information content (AvgIpc) is 2.31. The zero-order valence-electron chi connectivity index (χ0n) is 10.6. The van der Waals surface area contributed by atoms with Crippen molar-refractivity contribution >= 4 is 0 Å². The molecule has 0 saturated carbocycles. The van der Waals surface area contributed by atoms with Crippen LogP contribution in [0.3, 0.4) is 0 Å². The normalized spacial score (nSPS) is 20.3. The van der Waals surface area contributed by atoms with E-state index < -0.39 is 12.0 Å². The second-order valence-corrected chi connectivity index (χ2v) is 4.91. The van der Waals surface area contributed by atoms with Gasteiger partial charge in [-0.05, 0) is 37.6 Å². The molecule has 0 bridgehead atoms. The first-order chi connectivity index (χ1) is 8.78. The van der Waals surface area contributed by atoms with Gasteiger partial charge in [0, 0.05) is 13.1 Å². The lowest BCUT2D eigenvalue weighted by molar-refractivity contribution is -0.274. The minimum absolute atomic E-state index is 0.294. The minimum atomic E-state index is -4.71. The average molecular weight is 275 g/mol. The van der Waals surface area contributed by atoms with E-state index in [1.54, 1.807) is 6.07 Å². The summed E-state index contributed by atoms with van der Waals surface area (Å²) in [7, 11) is 1.95.